The fourth-order valence-electron chi connectivity index (χ4n) is 6.55. The van der Waals surface area contributed by atoms with Crippen LogP contribution in [0.25, 0.3) is 0 Å². The van der Waals surface area contributed by atoms with Gasteiger partial charge in [0, 0.05) is 12.5 Å². The van der Waals surface area contributed by atoms with E-state index in [1.165, 1.54) is 0 Å². The number of aryl methyl sites for hydroxylation is 1. The number of hydrogen-bond acceptors (Lipinski definition) is 4. The average molecular weight is 551 g/mol. The van der Waals surface area contributed by atoms with Gasteiger partial charge in [-0.25, -0.2) is 0 Å². The molecule has 2 N–H and O–H groups in total. The SMILES string of the molecule is CC(C)(C)c1cc(CCC(=O)N(Cc2ccco2)C2(C(=O)NC3CCCC3)CCCCC2)cc(C(C)(C)C)c1O. The first-order valence-corrected chi connectivity index (χ1v) is 15.3. The van der Waals surface area contributed by atoms with Crippen molar-refractivity contribution in [3.05, 3.63) is 53.0 Å². The summed E-state index contributed by atoms with van der Waals surface area (Å²) in [6.45, 7) is 12.9. The standard InChI is InChI=1S/C34H50N2O4/c1-32(2,3)27-21-24(22-28(30(27)38)33(4,5)6)16-17-29(37)36(23-26-15-12-20-40-26)34(18-10-7-11-19-34)31(39)35-25-13-8-9-14-25/h12,15,20-22,25,38H,7-11,13-14,16-19,23H2,1-6H3,(H,35,39). The molecule has 0 bridgehead atoms. The number of aromatic hydroxyl groups is 1. The van der Waals surface area contributed by atoms with E-state index in [1.807, 2.05) is 17.0 Å². The number of nitrogens with one attached hydrogen (secondary N) is 1. The van der Waals surface area contributed by atoms with E-state index in [1.54, 1.807) is 6.26 Å². The first kappa shape index (κ1) is 30.2. The molecule has 4 rings (SSSR count). The Labute approximate surface area is 240 Å². The van der Waals surface area contributed by atoms with Gasteiger partial charge in [0.2, 0.25) is 11.8 Å². The summed E-state index contributed by atoms with van der Waals surface area (Å²) < 4.78 is 5.69. The summed E-state index contributed by atoms with van der Waals surface area (Å²) in [6.07, 6.45) is 11.1. The molecule has 2 saturated carbocycles. The lowest BCUT2D eigenvalue weighted by Crippen LogP contribution is -2.62. The van der Waals surface area contributed by atoms with Crippen LogP contribution in [-0.2, 0) is 33.4 Å². The van der Waals surface area contributed by atoms with E-state index in [0.717, 1.165) is 61.6 Å². The van der Waals surface area contributed by atoms with E-state index >= 15 is 0 Å². The van der Waals surface area contributed by atoms with E-state index in [0.29, 0.717) is 37.3 Å². The molecule has 1 heterocycles. The highest BCUT2D eigenvalue weighted by Crippen LogP contribution is 2.41. The van der Waals surface area contributed by atoms with Gasteiger partial charge in [-0.2, -0.15) is 0 Å². The molecule has 1 aromatic carbocycles. The Morgan fingerprint density at radius 3 is 2.10 bits per heavy atom. The van der Waals surface area contributed by atoms with Crippen molar-refractivity contribution in [3.63, 3.8) is 0 Å². The molecule has 40 heavy (non-hydrogen) atoms. The second-order valence-electron chi connectivity index (χ2n) is 14.1. The zero-order valence-corrected chi connectivity index (χ0v) is 25.6. The molecule has 220 valence electrons. The lowest BCUT2D eigenvalue weighted by molar-refractivity contribution is -0.152. The largest absolute Gasteiger partial charge is 0.507 e. The van der Waals surface area contributed by atoms with Crippen LogP contribution in [0.4, 0.5) is 0 Å². The van der Waals surface area contributed by atoms with Crippen LogP contribution in [0.15, 0.2) is 34.9 Å². The highest BCUT2D eigenvalue weighted by molar-refractivity contribution is 5.92. The van der Waals surface area contributed by atoms with Gasteiger partial charge >= 0.3 is 0 Å². The van der Waals surface area contributed by atoms with Crippen LogP contribution in [0.1, 0.15) is 128 Å². The molecule has 2 aromatic rings. The maximum absolute atomic E-state index is 14.2. The summed E-state index contributed by atoms with van der Waals surface area (Å²) in [7, 11) is 0. The van der Waals surface area contributed by atoms with Crippen molar-refractivity contribution < 1.29 is 19.1 Å². The van der Waals surface area contributed by atoms with Gasteiger partial charge < -0.3 is 19.7 Å². The van der Waals surface area contributed by atoms with Crippen LogP contribution in [0.2, 0.25) is 0 Å². The molecule has 2 aliphatic carbocycles. The van der Waals surface area contributed by atoms with Crippen LogP contribution >= 0.6 is 0 Å². The number of rotatable bonds is 8. The summed E-state index contributed by atoms with van der Waals surface area (Å²) >= 11 is 0. The number of phenolic OH excluding ortho intramolecular Hbond substituents is 1. The third-order valence-corrected chi connectivity index (χ3v) is 8.92. The zero-order valence-electron chi connectivity index (χ0n) is 25.6. The molecular formula is C34H50N2O4. The van der Waals surface area contributed by atoms with E-state index in [9.17, 15) is 14.7 Å². The van der Waals surface area contributed by atoms with E-state index in [4.69, 9.17) is 4.42 Å². The molecule has 0 spiro atoms. The lowest BCUT2D eigenvalue weighted by atomic mass is 9.77. The monoisotopic (exact) mass is 550 g/mol. The molecule has 0 saturated heterocycles. The van der Waals surface area contributed by atoms with E-state index in [2.05, 4.69) is 59.0 Å². The highest BCUT2D eigenvalue weighted by atomic mass is 16.3. The van der Waals surface area contributed by atoms with Crippen molar-refractivity contribution in [2.24, 2.45) is 0 Å². The van der Waals surface area contributed by atoms with Gasteiger partial charge in [0.1, 0.15) is 17.0 Å². The lowest BCUT2D eigenvalue weighted by Gasteiger charge is -2.45. The van der Waals surface area contributed by atoms with Crippen molar-refractivity contribution in [2.75, 3.05) is 0 Å². The van der Waals surface area contributed by atoms with Crippen molar-refractivity contribution in [1.82, 2.24) is 10.2 Å². The fraction of sp³-hybridized carbons (Fsp3) is 0.647. The predicted octanol–water partition coefficient (Wildman–Crippen LogP) is 7.30. The second-order valence-corrected chi connectivity index (χ2v) is 14.1. The first-order chi connectivity index (χ1) is 18.8. The Morgan fingerprint density at radius 1 is 0.975 bits per heavy atom. The number of amides is 2. The Bertz CT molecular complexity index is 1120. The Kier molecular flexibility index (Phi) is 9.06. The summed E-state index contributed by atoms with van der Waals surface area (Å²) in [6, 6.07) is 8.03. The van der Waals surface area contributed by atoms with Crippen molar-refractivity contribution in [3.8, 4) is 5.75 Å². The normalized spacial score (nSPS) is 18.1. The van der Waals surface area contributed by atoms with E-state index in [-0.39, 0.29) is 35.1 Å². The zero-order chi connectivity index (χ0) is 29.1. The minimum Gasteiger partial charge on any atom is -0.507 e. The summed E-state index contributed by atoms with van der Waals surface area (Å²) in [4.78, 5) is 30.0. The van der Waals surface area contributed by atoms with Gasteiger partial charge in [0.25, 0.3) is 0 Å². The second kappa shape index (κ2) is 12.0. The molecular weight excluding hydrogens is 500 g/mol. The van der Waals surface area contributed by atoms with Crippen molar-refractivity contribution >= 4 is 11.8 Å². The summed E-state index contributed by atoms with van der Waals surface area (Å²) in [5.74, 6) is 1.03. The number of hydrogen-bond donors (Lipinski definition) is 2. The topological polar surface area (TPSA) is 82.8 Å². The minimum atomic E-state index is -0.854. The number of carbonyl (C=O) groups excluding carboxylic acids is 2. The molecule has 0 unspecified atom stereocenters. The Balaban J connectivity index is 1.64. The molecule has 2 amide bonds. The van der Waals surface area contributed by atoms with Crippen LogP contribution in [0.3, 0.4) is 0 Å². The highest BCUT2D eigenvalue weighted by Gasteiger charge is 2.47. The average Bonchev–Trinajstić information content (AvgIpc) is 3.60. The van der Waals surface area contributed by atoms with Crippen LogP contribution in [0, 0.1) is 0 Å². The number of nitrogens with zero attached hydrogens (tertiary/aromatic N) is 1. The molecule has 0 aliphatic heterocycles. The fourth-order valence-corrected chi connectivity index (χ4v) is 6.55. The molecule has 0 atom stereocenters. The molecule has 0 radical (unpaired) electrons. The van der Waals surface area contributed by atoms with Crippen molar-refractivity contribution in [1.29, 1.82) is 0 Å². The van der Waals surface area contributed by atoms with Gasteiger partial charge in [-0.3, -0.25) is 9.59 Å². The summed E-state index contributed by atoms with van der Waals surface area (Å²) in [5, 5.41) is 14.5. The Hall–Kier alpha value is -2.76. The molecule has 6 heteroatoms. The predicted molar refractivity (Wildman–Crippen MR) is 159 cm³/mol. The van der Waals surface area contributed by atoms with E-state index < -0.39 is 5.54 Å². The van der Waals surface area contributed by atoms with Crippen LogP contribution < -0.4 is 5.32 Å². The van der Waals surface area contributed by atoms with Gasteiger partial charge in [0.05, 0.1) is 12.8 Å². The third kappa shape index (κ3) is 6.75. The number of furan rings is 1. The molecule has 2 aliphatic rings. The molecule has 1 aromatic heterocycles. The molecule has 2 fully saturated rings. The van der Waals surface area contributed by atoms with Crippen LogP contribution in [-0.4, -0.2) is 33.4 Å². The Morgan fingerprint density at radius 2 is 1.57 bits per heavy atom. The number of phenols is 1. The number of carbonyl (C=O) groups is 2. The minimum absolute atomic E-state index is 0.00803. The quantitative estimate of drug-likeness (QED) is 0.361. The van der Waals surface area contributed by atoms with Gasteiger partial charge in [0.15, 0.2) is 0 Å². The smallest absolute Gasteiger partial charge is 0.246 e. The molecule has 6 nitrogen and oxygen atoms in total. The number of benzene rings is 1. The van der Waals surface area contributed by atoms with Gasteiger partial charge in [-0.1, -0.05) is 85.8 Å². The van der Waals surface area contributed by atoms with Crippen LogP contribution in [0.5, 0.6) is 5.75 Å². The third-order valence-electron chi connectivity index (χ3n) is 8.92. The summed E-state index contributed by atoms with van der Waals surface area (Å²) in [5.41, 5.74) is 1.50. The van der Waals surface area contributed by atoms with Gasteiger partial charge in [-0.15, -0.1) is 0 Å². The maximum atomic E-state index is 14.2. The van der Waals surface area contributed by atoms with Crippen molar-refractivity contribution in [2.45, 2.75) is 141 Å². The maximum Gasteiger partial charge on any atom is 0.246 e. The first-order valence-electron chi connectivity index (χ1n) is 15.3. The van der Waals surface area contributed by atoms with Gasteiger partial charge in [-0.05, 0) is 71.8 Å².